The molecule has 0 aliphatic carbocycles. The number of aromatic nitrogens is 1. The monoisotopic (exact) mass is 303 g/mol. The van der Waals surface area contributed by atoms with Crippen molar-refractivity contribution in [1.29, 1.82) is 0 Å². The molecule has 0 aliphatic rings. The maximum absolute atomic E-state index is 11.7. The zero-order valence-electron chi connectivity index (χ0n) is 12.6. The van der Waals surface area contributed by atoms with Gasteiger partial charge in [-0.3, -0.25) is 10.1 Å². The smallest absolute Gasteiger partial charge is 0.240 e. The lowest BCUT2D eigenvalue weighted by atomic mass is 9.98. The van der Waals surface area contributed by atoms with Crippen LogP contribution in [0, 0.1) is 0 Å². The predicted molar refractivity (Wildman–Crippen MR) is 86.0 cm³/mol. The van der Waals surface area contributed by atoms with Gasteiger partial charge >= 0.3 is 0 Å². The summed E-state index contributed by atoms with van der Waals surface area (Å²) in [7, 11) is 0. The fraction of sp³-hybridized carbons (Fsp3) is 0.375. The first-order valence-corrected chi connectivity index (χ1v) is 7.78. The van der Waals surface area contributed by atoms with E-state index in [-0.39, 0.29) is 5.41 Å². The highest BCUT2D eigenvalue weighted by atomic mass is 32.1. The summed E-state index contributed by atoms with van der Waals surface area (Å²) >= 11 is 1.57. The molecule has 1 unspecified atom stereocenters. The van der Waals surface area contributed by atoms with Crippen molar-refractivity contribution in [2.24, 2.45) is 5.73 Å². The third-order valence-electron chi connectivity index (χ3n) is 3.10. The topological polar surface area (TPSA) is 68.0 Å². The Morgan fingerprint density at radius 1 is 1.33 bits per heavy atom. The first kappa shape index (κ1) is 15.7. The molecule has 0 radical (unpaired) electrons. The first-order chi connectivity index (χ1) is 9.88. The van der Waals surface area contributed by atoms with Gasteiger partial charge in [0.05, 0.1) is 10.7 Å². The molecule has 1 aromatic heterocycles. The van der Waals surface area contributed by atoms with E-state index in [2.05, 4.69) is 31.1 Å². The highest BCUT2D eigenvalue weighted by molar-refractivity contribution is 7.09. The molecule has 1 heterocycles. The fourth-order valence-corrected chi connectivity index (χ4v) is 2.86. The molecule has 0 spiro atoms. The number of hydrogen-bond acceptors (Lipinski definition) is 4. The molecule has 0 saturated carbocycles. The van der Waals surface area contributed by atoms with Crippen molar-refractivity contribution in [1.82, 2.24) is 10.3 Å². The number of benzene rings is 1. The summed E-state index contributed by atoms with van der Waals surface area (Å²) in [4.78, 5) is 16.3. The van der Waals surface area contributed by atoms with Gasteiger partial charge in [-0.05, 0) is 5.56 Å². The second kappa shape index (κ2) is 6.37. The quantitative estimate of drug-likeness (QED) is 0.892. The van der Waals surface area contributed by atoms with Crippen molar-refractivity contribution in [2.45, 2.75) is 38.8 Å². The van der Waals surface area contributed by atoms with Gasteiger partial charge in [0.15, 0.2) is 0 Å². The maximum atomic E-state index is 11.7. The van der Waals surface area contributed by atoms with Gasteiger partial charge in [0, 0.05) is 17.3 Å². The maximum Gasteiger partial charge on any atom is 0.240 e. The molecular weight excluding hydrogens is 282 g/mol. The van der Waals surface area contributed by atoms with Crippen molar-refractivity contribution in [3.8, 4) is 0 Å². The van der Waals surface area contributed by atoms with Gasteiger partial charge in [-0.15, -0.1) is 11.3 Å². The number of nitrogens with two attached hydrogens (primary N) is 1. The molecule has 4 nitrogen and oxygen atoms in total. The van der Waals surface area contributed by atoms with Gasteiger partial charge in [0.1, 0.15) is 6.04 Å². The van der Waals surface area contributed by atoms with Crippen LogP contribution in [0.15, 0.2) is 35.7 Å². The Morgan fingerprint density at radius 2 is 2.00 bits per heavy atom. The van der Waals surface area contributed by atoms with Gasteiger partial charge in [-0.2, -0.15) is 0 Å². The van der Waals surface area contributed by atoms with E-state index in [0.29, 0.717) is 12.2 Å². The number of thiazole rings is 1. The van der Waals surface area contributed by atoms with Crippen LogP contribution in [0.1, 0.15) is 43.1 Å². The van der Waals surface area contributed by atoms with Crippen LogP contribution in [0.2, 0.25) is 0 Å². The molecule has 0 bridgehead atoms. The fourth-order valence-electron chi connectivity index (χ4n) is 1.93. The summed E-state index contributed by atoms with van der Waals surface area (Å²) in [5.74, 6) is -0.406. The van der Waals surface area contributed by atoms with E-state index in [1.165, 1.54) is 0 Å². The van der Waals surface area contributed by atoms with Gasteiger partial charge < -0.3 is 5.73 Å². The molecule has 0 saturated heterocycles. The molecule has 1 atom stereocenters. The zero-order chi connectivity index (χ0) is 15.5. The minimum atomic E-state index is -0.558. The van der Waals surface area contributed by atoms with Crippen LogP contribution < -0.4 is 11.1 Å². The third-order valence-corrected chi connectivity index (χ3v) is 4.38. The number of hydrogen-bond donors (Lipinski definition) is 2. The molecule has 112 valence electrons. The summed E-state index contributed by atoms with van der Waals surface area (Å²) in [5.41, 5.74) is 7.30. The summed E-state index contributed by atoms with van der Waals surface area (Å²) in [5, 5.41) is 6.10. The molecule has 21 heavy (non-hydrogen) atoms. The second-order valence-electron chi connectivity index (χ2n) is 6.03. The van der Waals surface area contributed by atoms with Gasteiger partial charge in [0.2, 0.25) is 5.91 Å². The second-order valence-corrected chi connectivity index (χ2v) is 6.89. The van der Waals surface area contributed by atoms with Gasteiger partial charge in [-0.1, -0.05) is 51.1 Å². The van der Waals surface area contributed by atoms with Crippen molar-refractivity contribution < 1.29 is 4.79 Å². The van der Waals surface area contributed by atoms with Crippen molar-refractivity contribution >= 4 is 17.2 Å². The summed E-state index contributed by atoms with van der Waals surface area (Å²) in [6.07, 6.45) is 0. The van der Waals surface area contributed by atoms with Crippen LogP contribution in [0.3, 0.4) is 0 Å². The molecule has 0 aliphatic heterocycles. The Morgan fingerprint density at radius 3 is 2.52 bits per heavy atom. The Balaban J connectivity index is 2.12. The number of nitrogens with zero attached hydrogens (tertiary/aromatic N) is 1. The molecule has 1 aromatic carbocycles. The molecular formula is C16H21N3OS. The Kier molecular flexibility index (Phi) is 4.75. The lowest BCUT2D eigenvalue weighted by Crippen LogP contribution is -2.33. The largest absolute Gasteiger partial charge is 0.368 e. The summed E-state index contributed by atoms with van der Waals surface area (Å²) in [6, 6.07) is 9.36. The van der Waals surface area contributed by atoms with E-state index in [1.54, 1.807) is 11.3 Å². The third kappa shape index (κ3) is 4.12. The first-order valence-electron chi connectivity index (χ1n) is 6.90. The minimum Gasteiger partial charge on any atom is -0.368 e. The van der Waals surface area contributed by atoms with E-state index >= 15 is 0 Å². The highest BCUT2D eigenvalue weighted by Crippen LogP contribution is 2.27. The Bertz CT molecular complexity index is 601. The molecule has 0 fully saturated rings. The average molecular weight is 303 g/mol. The van der Waals surface area contributed by atoms with E-state index in [9.17, 15) is 4.79 Å². The SMILES string of the molecule is CC(C)(C)c1nc(C(NCc2ccccc2)C(N)=O)cs1. The van der Waals surface area contributed by atoms with Crippen LogP contribution in [0.25, 0.3) is 0 Å². The zero-order valence-corrected chi connectivity index (χ0v) is 13.4. The summed E-state index contributed by atoms with van der Waals surface area (Å²) < 4.78 is 0. The molecule has 3 N–H and O–H groups in total. The average Bonchev–Trinajstić information content (AvgIpc) is 2.89. The van der Waals surface area contributed by atoms with Crippen molar-refractivity contribution in [3.63, 3.8) is 0 Å². The molecule has 2 aromatic rings. The Labute approximate surface area is 129 Å². The van der Waals surface area contributed by atoms with E-state index in [0.717, 1.165) is 10.6 Å². The number of nitrogens with one attached hydrogen (secondary N) is 1. The lowest BCUT2D eigenvalue weighted by molar-refractivity contribution is -0.120. The van der Waals surface area contributed by atoms with Gasteiger partial charge in [0.25, 0.3) is 0 Å². The van der Waals surface area contributed by atoms with Gasteiger partial charge in [-0.25, -0.2) is 4.98 Å². The number of carbonyl (C=O) groups excluding carboxylic acids is 1. The minimum absolute atomic E-state index is 0.0233. The van der Waals surface area contributed by atoms with Crippen LogP contribution in [0.4, 0.5) is 0 Å². The highest BCUT2D eigenvalue weighted by Gasteiger charge is 2.24. The van der Waals surface area contributed by atoms with Crippen molar-refractivity contribution in [2.75, 3.05) is 0 Å². The lowest BCUT2D eigenvalue weighted by Gasteiger charge is -2.15. The standard InChI is InChI=1S/C16H21N3OS/c1-16(2,3)15-19-12(10-21-15)13(14(17)20)18-9-11-7-5-4-6-8-11/h4-8,10,13,18H,9H2,1-3H3,(H2,17,20). The number of rotatable bonds is 5. The van der Waals surface area contributed by atoms with Crippen LogP contribution >= 0.6 is 11.3 Å². The van der Waals surface area contributed by atoms with E-state index in [1.807, 2.05) is 35.7 Å². The number of carbonyl (C=O) groups is 1. The van der Waals surface area contributed by atoms with Crippen LogP contribution in [0.5, 0.6) is 0 Å². The summed E-state index contributed by atoms with van der Waals surface area (Å²) in [6.45, 7) is 6.89. The molecule has 5 heteroatoms. The molecule has 2 rings (SSSR count). The van der Waals surface area contributed by atoms with Crippen LogP contribution in [-0.2, 0) is 16.8 Å². The number of amides is 1. The number of primary amides is 1. The van der Waals surface area contributed by atoms with E-state index < -0.39 is 11.9 Å². The van der Waals surface area contributed by atoms with Crippen LogP contribution in [-0.4, -0.2) is 10.9 Å². The predicted octanol–water partition coefficient (Wildman–Crippen LogP) is 2.76. The molecule has 1 amide bonds. The van der Waals surface area contributed by atoms with E-state index in [4.69, 9.17) is 5.73 Å². The Hall–Kier alpha value is -1.72. The van der Waals surface area contributed by atoms with Crippen molar-refractivity contribution in [3.05, 3.63) is 52.0 Å². The normalized spacial score (nSPS) is 13.1.